The number of rotatable bonds is 2. The van der Waals surface area contributed by atoms with Gasteiger partial charge in [0.25, 0.3) is 0 Å². The molecule has 0 radical (unpaired) electrons. The molecule has 3 heteroatoms. The Morgan fingerprint density at radius 2 is 2.00 bits per heavy atom. The average molecular weight is 291 g/mol. The Labute approximate surface area is 126 Å². The number of likely N-dealkylation sites (tertiary alicyclic amines) is 1. The molecule has 0 bridgehead atoms. The number of likely N-dealkylation sites (N-methyl/N-ethyl adjacent to an activating group) is 1. The van der Waals surface area contributed by atoms with Crippen LogP contribution in [0, 0.1) is 5.92 Å². The first-order valence-electron chi connectivity index (χ1n) is 7.90. The van der Waals surface area contributed by atoms with Crippen molar-refractivity contribution in [3.8, 4) is 0 Å². The first-order valence-corrected chi connectivity index (χ1v) is 8.28. The van der Waals surface area contributed by atoms with Gasteiger partial charge < -0.3 is 9.80 Å². The van der Waals surface area contributed by atoms with E-state index in [1.54, 1.807) is 0 Å². The molecule has 20 heavy (non-hydrogen) atoms. The van der Waals surface area contributed by atoms with Gasteiger partial charge >= 0.3 is 0 Å². The lowest BCUT2D eigenvalue weighted by atomic mass is 9.74. The number of halogens is 1. The molecule has 1 aromatic carbocycles. The van der Waals surface area contributed by atoms with Crippen LogP contribution in [0.25, 0.3) is 0 Å². The molecule has 1 saturated carbocycles. The highest BCUT2D eigenvalue weighted by atomic mass is 35.5. The Hall–Kier alpha value is -0.730. The number of fused-ring (bicyclic) bond motifs is 2. The van der Waals surface area contributed by atoms with Crippen LogP contribution in [0.15, 0.2) is 18.2 Å². The Morgan fingerprint density at radius 1 is 1.25 bits per heavy atom. The quantitative estimate of drug-likeness (QED) is 0.822. The highest BCUT2D eigenvalue weighted by Gasteiger charge is 2.44. The molecule has 4 rings (SSSR count). The van der Waals surface area contributed by atoms with Crippen molar-refractivity contribution in [2.45, 2.75) is 31.1 Å². The van der Waals surface area contributed by atoms with Crippen LogP contribution in [0.2, 0.25) is 5.02 Å². The summed E-state index contributed by atoms with van der Waals surface area (Å²) in [4.78, 5) is 5.10. The van der Waals surface area contributed by atoms with Crippen molar-refractivity contribution in [3.05, 3.63) is 28.8 Å². The third kappa shape index (κ3) is 2.14. The number of hydrogen-bond acceptors (Lipinski definition) is 2. The van der Waals surface area contributed by atoms with Crippen LogP contribution in [0.3, 0.4) is 0 Å². The van der Waals surface area contributed by atoms with Crippen LogP contribution < -0.4 is 4.90 Å². The molecule has 2 aliphatic heterocycles. The van der Waals surface area contributed by atoms with Crippen molar-refractivity contribution < 1.29 is 0 Å². The van der Waals surface area contributed by atoms with Gasteiger partial charge in [0, 0.05) is 36.3 Å². The zero-order chi connectivity index (χ0) is 13.7. The smallest absolute Gasteiger partial charge is 0.0410 e. The summed E-state index contributed by atoms with van der Waals surface area (Å²) in [6, 6.07) is 6.44. The Kier molecular flexibility index (Phi) is 3.01. The van der Waals surface area contributed by atoms with Gasteiger partial charge in [0.2, 0.25) is 0 Å². The second kappa shape index (κ2) is 4.64. The van der Waals surface area contributed by atoms with Crippen LogP contribution in [-0.4, -0.2) is 38.1 Å². The van der Waals surface area contributed by atoms with Gasteiger partial charge in [0.05, 0.1) is 0 Å². The van der Waals surface area contributed by atoms with Gasteiger partial charge in [-0.15, -0.1) is 0 Å². The summed E-state index contributed by atoms with van der Waals surface area (Å²) in [6.45, 7) is 5.03. The van der Waals surface area contributed by atoms with E-state index in [9.17, 15) is 0 Å². The van der Waals surface area contributed by atoms with Gasteiger partial charge in [-0.3, -0.25) is 0 Å². The summed E-state index contributed by atoms with van der Waals surface area (Å²) in [7, 11) is 2.22. The zero-order valence-corrected chi connectivity index (χ0v) is 13.0. The molecule has 108 valence electrons. The van der Waals surface area contributed by atoms with Crippen LogP contribution in [0.5, 0.6) is 0 Å². The van der Waals surface area contributed by atoms with E-state index < -0.39 is 0 Å². The summed E-state index contributed by atoms with van der Waals surface area (Å²) in [5.74, 6) is 1.01. The van der Waals surface area contributed by atoms with Crippen molar-refractivity contribution in [2.24, 2.45) is 5.92 Å². The Bertz CT molecular complexity index is 516. The monoisotopic (exact) mass is 290 g/mol. The van der Waals surface area contributed by atoms with Gasteiger partial charge in [-0.2, -0.15) is 0 Å². The fourth-order valence-corrected chi connectivity index (χ4v) is 4.32. The molecule has 0 aromatic heterocycles. The second-order valence-corrected chi connectivity index (χ2v) is 7.48. The average Bonchev–Trinajstić information content (AvgIpc) is 3.21. The standard InChI is InChI=1S/C17H23ClN2/c1-19-12-17(15-10-14(18)4-5-16(15)19)6-8-20(9-7-17)11-13-2-3-13/h4-5,10,13H,2-3,6-9,11-12H2,1H3. The normalized spacial score (nSPS) is 25.2. The minimum Gasteiger partial charge on any atom is -0.373 e. The first-order chi connectivity index (χ1) is 9.66. The van der Waals surface area contributed by atoms with Crippen molar-refractivity contribution in [1.82, 2.24) is 4.90 Å². The van der Waals surface area contributed by atoms with E-state index in [0.29, 0.717) is 5.41 Å². The third-order valence-corrected chi connectivity index (χ3v) is 5.74. The van der Waals surface area contributed by atoms with Gasteiger partial charge in [-0.25, -0.2) is 0 Å². The van der Waals surface area contributed by atoms with Crippen molar-refractivity contribution in [2.75, 3.05) is 38.1 Å². The molecule has 3 aliphatic rings. The molecule has 2 fully saturated rings. The first kappa shape index (κ1) is 13.0. The van der Waals surface area contributed by atoms with E-state index in [4.69, 9.17) is 11.6 Å². The summed E-state index contributed by atoms with van der Waals surface area (Å²) < 4.78 is 0. The van der Waals surface area contributed by atoms with E-state index in [1.807, 2.05) is 6.07 Å². The van der Waals surface area contributed by atoms with Gasteiger partial charge in [-0.05, 0) is 68.5 Å². The minimum atomic E-state index is 0.356. The SMILES string of the molecule is CN1CC2(CCN(CC3CC3)CC2)c2cc(Cl)ccc21. The van der Waals surface area contributed by atoms with Crippen molar-refractivity contribution in [1.29, 1.82) is 0 Å². The van der Waals surface area contributed by atoms with Crippen molar-refractivity contribution in [3.63, 3.8) is 0 Å². The van der Waals surface area contributed by atoms with E-state index >= 15 is 0 Å². The van der Waals surface area contributed by atoms with Gasteiger partial charge in [0.15, 0.2) is 0 Å². The van der Waals surface area contributed by atoms with E-state index in [0.717, 1.165) is 10.9 Å². The van der Waals surface area contributed by atoms with Crippen LogP contribution in [0.4, 0.5) is 5.69 Å². The minimum absolute atomic E-state index is 0.356. The largest absolute Gasteiger partial charge is 0.373 e. The highest BCUT2D eigenvalue weighted by molar-refractivity contribution is 6.30. The summed E-state index contributed by atoms with van der Waals surface area (Å²) in [6.07, 6.45) is 5.50. The fourth-order valence-electron chi connectivity index (χ4n) is 4.15. The lowest BCUT2D eigenvalue weighted by Gasteiger charge is -2.40. The lowest BCUT2D eigenvalue weighted by Crippen LogP contribution is -2.45. The molecule has 0 atom stereocenters. The second-order valence-electron chi connectivity index (χ2n) is 7.04. The topological polar surface area (TPSA) is 6.48 Å². The maximum absolute atomic E-state index is 6.25. The number of hydrogen-bond donors (Lipinski definition) is 0. The van der Waals surface area contributed by atoms with Crippen LogP contribution in [-0.2, 0) is 5.41 Å². The highest BCUT2D eigenvalue weighted by Crippen LogP contribution is 2.47. The molecular weight excluding hydrogens is 268 g/mol. The zero-order valence-electron chi connectivity index (χ0n) is 12.2. The lowest BCUT2D eigenvalue weighted by molar-refractivity contribution is 0.161. The molecule has 0 N–H and O–H groups in total. The molecular formula is C17H23ClN2. The van der Waals surface area contributed by atoms with E-state index in [-0.39, 0.29) is 0 Å². The fraction of sp³-hybridized carbons (Fsp3) is 0.647. The molecule has 1 aliphatic carbocycles. The molecule has 2 heterocycles. The molecule has 1 spiro atoms. The number of anilines is 1. The molecule has 1 aromatic rings. The molecule has 0 amide bonds. The molecule has 2 nitrogen and oxygen atoms in total. The summed E-state index contributed by atoms with van der Waals surface area (Å²) in [5.41, 5.74) is 3.25. The Morgan fingerprint density at radius 3 is 2.70 bits per heavy atom. The van der Waals surface area contributed by atoms with Gasteiger partial charge in [0.1, 0.15) is 0 Å². The number of benzene rings is 1. The predicted molar refractivity (Wildman–Crippen MR) is 84.8 cm³/mol. The maximum atomic E-state index is 6.25. The van der Waals surface area contributed by atoms with E-state index in [2.05, 4.69) is 29.0 Å². The molecule has 1 saturated heterocycles. The third-order valence-electron chi connectivity index (χ3n) is 5.51. The maximum Gasteiger partial charge on any atom is 0.0410 e. The van der Waals surface area contributed by atoms with E-state index in [1.165, 1.54) is 63.1 Å². The van der Waals surface area contributed by atoms with Crippen LogP contribution in [0.1, 0.15) is 31.2 Å². The Balaban J connectivity index is 1.56. The van der Waals surface area contributed by atoms with Gasteiger partial charge in [-0.1, -0.05) is 11.6 Å². The summed E-state index contributed by atoms with van der Waals surface area (Å²) in [5, 5.41) is 0.888. The number of piperidine rings is 1. The van der Waals surface area contributed by atoms with Crippen LogP contribution >= 0.6 is 11.6 Å². The predicted octanol–water partition coefficient (Wildman–Crippen LogP) is 3.53. The molecule has 0 unspecified atom stereocenters. The number of nitrogens with zero attached hydrogens (tertiary/aromatic N) is 2. The summed E-state index contributed by atoms with van der Waals surface area (Å²) >= 11 is 6.25. The van der Waals surface area contributed by atoms with Crippen molar-refractivity contribution >= 4 is 17.3 Å².